The smallest absolute Gasteiger partial charge is 0.0685 e. The van der Waals surface area contributed by atoms with E-state index in [1.54, 1.807) is 0 Å². The standard InChI is InChI=1S/C18H25N3/c1-14(2)21-18(9-10-19-21)17-8-6-7-16(13-17)15(3)20-11-4-5-12-20/h6-10,13-15H,4-5,11-12H2,1-3H3/t15-/m1/s1. The highest BCUT2D eigenvalue weighted by atomic mass is 15.3. The summed E-state index contributed by atoms with van der Waals surface area (Å²) in [5.41, 5.74) is 3.89. The summed E-state index contributed by atoms with van der Waals surface area (Å²) >= 11 is 0. The quantitative estimate of drug-likeness (QED) is 0.834. The fourth-order valence-corrected chi connectivity index (χ4v) is 3.25. The normalized spacial score (nSPS) is 17.5. The first-order valence-electron chi connectivity index (χ1n) is 8.04. The number of benzene rings is 1. The molecule has 1 aromatic carbocycles. The minimum absolute atomic E-state index is 0.384. The molecule has 1 aliphatic rings. The lowest BCUT2D eigenvalue weighted by molar-refractivity contribution is 0.263. The van der Waals surface area contributed by atoms with E-state index in [-0.39, 0.29) is 0 Å². The van der Waals surface area contributed by atoms with Gasteiger partial charge in [0.1, 0.15) is 0 Å². The Labute approximate surface area is 127 Å². The minimum Gasteiger partial charge on any atom is -0.297 e. The molecule has 3 heteroatoms. The van der Waals surface area contributed by atoms with Crippen molar-refractivity contribution < 1.29 is 0 Å². The Kier molecular flexibility index (Phi) is 4.11. The van der Waals surface area contributed by atoms with Gasteiger partial charge >= 0.3 is 0 Å². The monoisotopic (exact) mass is 283 g/mol. The summed E-state index contributed by atoms with van der Waals surface area (Å²) in [6.07, 6.45) is 4.57. The number of hydrogen-bond acceptors (Lipinski definition) is 2. The van der Waals surface area contributed by atoms with Crippen LogP contribution in [-0.4, -0.2) is 27.8 Å². The average molecular weight is 283 g/mol. The van der Waals surface area contributed by atoms with E-state index in [4.69, 9.17) is 0 Å². The van der Waals surface area contributed by atoms with Gasteiger partial charge in [-0.3, -0.25) is 9.58 Å². The van der Waals surface area contributed by atoms with Crippen molar-refractivity contribution in [2.75, 3.05) is 13.1 Å². The highest BCUT2D eigenvalue weighted by molar-refractivity contribution is 5.60. The Balaban J connectivity index is 1.90. The van der Waals surface area contributed by atoms with Gasteiger partial charge in [-0.25, -0.2) is 0 Å². The van der Waals surface area contributed by atoms with E-state index in [9.17, 15) is 0 Å². The molecule has 0 radical (unpaired) electrons. The third kappa shape index (κ3) is 2.88. The van der Waals surface area contributed by atoms with Gasteiger partial charge in [-0.2, -0.15) is 5.10 Å². The maximum absolute atomic E-state index is 4.45. The van der Waals surface area contributed by atoms with Gasteiger partial charge in [0.2, 0.25) is 0 Å². The van der Waals surface area contributed by atoms with Crippen LogP contribution in [0.25, 0.3) is 11.3 Å². The number of rotatable bonds is 4. The molecule has 112 valence electrons. The molecule has 2 heterocycles. The van der Waals surface area contributed by atoms with Crippen LogP contribution in [0.3, 0.4) is 0 Å². The molecule has 1 aromatic heterocycles. The largest absolute Gasteiger partial charge is 0.297 e. The zero-order valence-electron chi connectivity index (χ0n) is 13.3. The Morgan fingerprint density at radius 2 is 1.81 bits per heavy atom. The Hall–Kier alpha value is -1.61. The minimum atomic E-state index is 0.384. The van der Waals surface area contributed by atoms with Gasteiger partial charge in [-0.15, -0.1) is 0 Å². The van der Waals surface area contributed by atoms with Gasteiger partial charge in [-0.1, -0.05) is 18.2 Å². The first-order valence-corrected chi connectivity index (χ1v) is 8.04. The second-order valence-electron chi connectivity index (χ2n) is 6.30. The van der Waals surface area contributed by atoms with Gasteiger partial charge in [-0.05, 0) is 64.4 Å². The van der Waals surface area contributed by atoms with Crippen LogP contribution in [0.2, 0.25) is 0 Å². The lowest BCUT2D eigenvalue weighted by Crippen LogP contribution is -2.23. The molecule has 3 rings (SSSR count). The number of likely N-dealkylation sites (tertiary alicyclic amines) is 1. The van der Waals surface area contributed by atoms with Gasteiger partial charge in [0.05, 0.1) is 5.69 Å². The summed E-state index contributed by atoms with van der Waals surface area (Å²) < 4.78 is 2.10. The predicted octanol–water partition coefficient (Wildman–Crippen LogP) is 4.29. The van der Waals surface area contributed by atoms with E-state index >= 15 is 0 Å². The van der Waals surface area contributed by atoms with Crippen LogP contribution in [0.15, 0.2) is 36.5 Å². The molecule has 1 fully saturated rings. The van der Waals surface area contributed by atoms with Crippen LogP contribution >= 0.6 is 0 Å². The molecule has 2 aromatic rings. The summed E-state index contributed by atoms with van der Waals surface area (Å²) in [7, 11) is 0. The van der Waals surface area contributed by atoms with Crippen LogP contribution in [0.1, 0.15) is 51.3 Å². The topological polar surface area (TPSA) is 21.1 Å². The molecule has 0 saturated carbocycles. The fraction of sp³-hybridized carbons (Fsp3) is 0.500. The molecule has 0 N–H and O–H groups in total. The third-order valence-electron chi connectivity index (χ3n) is 4.51. The number of hydrogen-bond donors (Lipinski definition) is 0. The predicted molar refractivity (Wildman–Crippen MR) is 87.3 cm³/mol. The Morgan fingerprint density at radius 1 is 1.05 bits per heavy atom. The highest BCUT2D eigenvalue weighted by Gasteiger charge is 2.20. The lowest BCUT2D eigenvalue weighted by Gasteiger charge is -2.24. The summed E-state index contributed by atoms with van der Waals surface area (Å²) in [6, 6.07) is 11.9. The molecule has 1 aliphatic heterocycles. The molecule has 1 atom stereocenters. The van der Waals surface area contributed by atoms with Crippen LogP contribution in [0.4, 0.5) is 0 Å². The van der Waals surface area contributed by atoms with E-state index in [2.05, 4.69) is 65.8 Å². The zero-order valence-corrected chi connectivity index (χ0v) is 13.3. The molecule has 21 heavy (non-hydrogen) atoms. The van der Waals surface area contributed by atoms with Crippen LogP contribution in [0, 0.1) is 0 Å². The highest BCUT2D eigenvalue weighted by Crippen LogP contribution is 2.29. The SMILES string of the molecule is CC(C)n1nccc1-c1cccc([C@@H](C)N2CCCC2)c1. The van der Waals surface area contributed by atoms with Crippen LogP contribution in [0.5, 0.6) is 0 Å². The first kappa shape index (κ1) is 14.3. The fourth-order valence-electron chi connectivity index (χ4n) is 3.25. The van der Waals surface area contributed by atoms with Crippen molar-refractivity contribution in [2.45, 2.75) is 45.7 Å². The number of aromatic nitrogens is 2. The average Bonchev–Trinajstić information content (AvgIpc) is 3.17. The molecule has 3 nitrogen and oxygen atoms in total. The van der Waals surface area contributed by atoms with Crippen molar-refractivity contribution in [2.24, 2.45) is 0 Å². The van der Waals surface area contributed by atoms with Crippen molar-refractivity contribution in [1.82, 2.24) is 14.7 Å². The van der Waals surface area contributed by atoms with E-state index < -0.39 is 0 Å². The molecular formula is C18H25N3. The Morgan fingerprint density at radius 3 is 2.52 bits per heavy atom. The molecule has 0 amide bonds. The van der Waals surface area contributed by atoms with Crippen molar-refractivity contribution in [3.8, 4) is 11.3 Å². The lowest BCUT2D eigenvalue weighted by atomic mass is 10.0. The van der Waals surface area contributed by atoms with Crippen molar-refractivity contribution >= 4 is 0 Å². The van der Waals surface area contributed by atoms with Gasteiger partial charge in [0.25, 0.3) is 0 Å². The zero-order chi connectivity index (χ0) is 14.8. The van der Waals surface area contributed by atoms with E-state index in [0.717, 1.165) is 0 Å². The maximum Gasteiger partial charge on any atom is 0.0685 e. The van der Waals surface area contributed by atoms with Gasteiger partial charge in [0, 0.05) is 23.8 Å². The van der Waals surface area contributed by atoms with E-state index in [1.807, 2.05) is 6.20 Å². The second kappa shape index (κ2) is 6.02. The molecule has 1 saturated heterocycles. The van der Waals surface area contributed by atoms with Crippen LogP contribution in [-0.2, 0) is 0 Å². The molecular weight excluding hydrogens is 258 g/mol. The number of nitrogens with zero attached hydrogens (tertiary/aromatic N) is 3. The molecule has 0 spiro atoms. The molecule has 0 unspecified atom stereocenters. The van der Waals surface area contributed by atoms with Crippen molar-refractivity contribution in [3.63, 3.8) is 0 Å². The second-order valence-corrected chi connectivity index (χ2v) is 6.30. The van der Waals surface area contributed by atoms with Crippen LogP contribution < -0.4 is 0 Å². The van der Waals surface area contributed by atoms with E-state index in [0.29, 0.717) is 12.1 Å². The first-order chi connectivity index (χ1) is 10.2. The summed E-state index contributed by atoms with van der Waals surface area (Å²) in [5, 5.41) is 4.45. The maximum atomic E-state index is 4.45. The molecule has 0 aliphatic carbocycles. The summed E-state index contributed by atoms with van der Waals surface area (Å²) in [4.78, 5) is 2.58. The Bertz CT molecular complexity index is 594. The van der Waals surface area contributed by atoms with Gasteiger partial charge in [0.15, 0.2) is 0 Å². The van der Waals surface area contributed by atoms with Crippen molar-refractivity contribution in [1.29, 1.82) is 0 Å². The summed E-state index contributed by atoms with van der Waals surface area (Å²) in [6.45, 7) is 9.13. The summed E-state index contributed by atoms with van der Waals surface area (Å²) in [5.74, 6) is 0. The van der Waals surface area contributed by atoms with Gasteiger partial charge < -0.3 is 0 Å². The molecule has 0 bridgehead atoms. The van der Waals surface area contributed by atoms with E-state index in [1.165, 1.54) is 42.8 Å². The third-order valence-corrected chi connectivity index (χ3v) is 4.51. The van der Waals surface area contributed by atoms with Crippen molar-refractivity contribution in [3.05, 3.63) is 42.1 Å².